The number of nitrogens with one attached hydrogen (secondary N) is 2. The average molecular weight is 574 g/mol. The van der Waals surface area contributed by atoms with Crippen molar-refractivity contribution in [3.05, 3.63) is 40.6 Å². The molecule has 2 heterocycles. The van der Waals surface area contributed by atoms with E-state index in [9.17, 15) is 23.2 Å². The summed E-state index contributed by atoms with van der Waals surface area (Å²) in [6.07, 6.45) is 3.38. The molecule has 1 aromatic carbocycles. The highest BCUT2D eigenvalue weighted by Crippen LogP contribution is 2.52. The first-order valence-corrected chi connectivity index (χ1v) is 14.0. The van der Waals surface area contributed by atoms with Gasteiger partial charge in [-0.15, -0.1) is 0 Å². The smallest absolute Gasteiger partial charge is 0.348 e. The summed E-state index contributed by atoms with van der Waals surface area (Å²) in [6, 6.07) is 3.74. The highest BCUT2D eigenvalue weighted by Gasteiger charge is 2.48. The largest absolute Gasteiger partial charge is 0.755 e. The van der Waals surface area contributed by atoms with Crippen LogP contribution in [0.3, 0.4) is 0 Å². The number of carbonyl (C=O) groups excluding carboxylic acids is 1. The Hall–Kier alpha value is -1.98. The average Bonchev–Trinajstić information content (AvgIpc) is 3.00. The van der Waals surface area contributed by atoms with E-state index in [2.05, 4.69) is 30.7 Å². The van der Waals surface area contributed by atoms with Crippen LogP contribution in [0.2, 0.25) is 0 Å². The maximum atomic E-state index is 13.6. The lowest BCUT2D eigenvalue weighted by atomic mass is 9.85. The summed E-state index contributed by atoms with van der Waals surface area (Å²) in [5.74, 6) is -0.617. The fraction of sp³-hybridized carbons (Fsp3) is 0.429. The summed E-state index contributed by atoms with van der Waals surface area (Å²) >= 11 is 0.662. The monoisotopic (exact) mass is 573 g/mol. The van der Waals surface area contributed by atoms with Gasteiger partial charge in [0.1, 0.15) is 11.3 Å². The highest BCUT2D eigenvalue weighted by molar-refractivity contribution is 9.11. The van der Waals surface area contributed by atoms with Gasteiger partial charge in [0.15, 0.2) is 5.84 Å². The van der Waals surface area contributed by atoms with Gasteiger partial charge in [-0.05, 0) is 41.4 Å². The van der Waals surface area contributed by atoms with Gasteiger partial charge in [-0.2, -0.15) is 4.76 Å². The molecule has 34 heavy (non-hydrogen) atoms. The van der Waals surface area contributed by atoms with Crippen LogP contribution in [0.15, 0.2) is 45.4 Å². The van der Waals surface area contributed by atoms with Crippen molar-refractivity contribution < 1.29 is 27.8 Å². The third-order valence-corrected chi connectivity index (χ3v) is 8.17. The minimum Gasteiger partial charge on any atom is -0.755 e. The van der Waals surface area contributed by atoms with E-state index in [1.165, 1.54) is 25.3 Å². The fourth-order valence-electron chi connectivity index (χ4n) is 4.05. The number of benzene rings is 1. The summed E-state index contributed by atoms with van der Waals surface area (Å²) in [5, 5.41) is 14.3. The van der Waals surface area contributed by atoms with Crippen molar-refractivity contribution in [1.29, 1.82) is 0 Å². The summed E-state index contributed by atoms with van der Waals surface area (Å²) in [5.41, 5.74) is -0.0138. The van der Waals surface area contributed by atoms with Crippen LogP contribution in [-0.2, 0) is 25.1 Å². The number of hydrogen-bond donors (Lipinski definition) is 3. The van der Waals surface area contributed by atoms with E-state index in [1.54, 1.807) is 9.89 Å². The van der Waals surface area contributed by atoms with Crippen LogP contribution >= 0.6 is 23.4 Å². The Bertz CT molecular complexity index is 1150. The quantitative estimate of drug-likeness (QED) is 0.243. The molecule has 0 radical (unpaired) electrons. The Balaban J connectivity index is 2.03. The predicted molar refractivity (Wildman–Crippen MR) is 136 cm³/mol. The predicted octanol–water partition coefficient (Wildman–Crippen LogP) is 3.94. The highest BCUT2D eigenvalue weighted by atomic mass is 79.9. The molecule has 0 spiro atoms. The SMILES string of the molecule is COP1(=O)N=C(C2=C(O)C(C(C)(C)C)N(CCC/C=C\Br)C2=O)Nc2ccc(NS(=O)[O-])cc21. The Morgan fingerprint density at radius 1 is 1.44 bits per heavy atom. The molecule has 3 N–H and O–H groups in total. The van der Waals surface area contributed by atoms with Crippen molar-refractivity contribution in [3.63, 3.8) is 0 Å². The van der Waals surface area contributed by atoms with Gasteiger partial charge in [-0.25, -0.2) is 0 Å². The second-order valence-electron chi connectivity index (χ2n) is 8.88. The number of carbonyl (C=O) groups is 1. The number of amidine groups is 1. The third kappa shape index (κ3) is 5.31. The third-order valence-electron chi connectivity index (χ3n) is 5.45. The van der Waals surface area contributed by atoms with E-state index in [0.717, 1.165) is 6.42 Å². The molecule has 3 rings (SSSR count). The van der Waals surface area contributed by atoms with Gasteiger partial charge in [-0.1, -0.05) is 42.8 Å². The van der Waals surface area contributed by atoms with Crippen LogP contribution in [0.1, 0.15) is 33.6 Å². The van der Waals surface area contributed by atoms with Gasteiger partial charge in [-0.3, -0.25) is 13.6 Å². The molecule has 0 saturated heterocycles. The van der Waals surface area contributed by atoms with Crippen LogP contribution in [0.5, 0.6) is 0 Å². The van der Waals surface area contributed by atoms with Crippen molar-refractivity contribution in [2.24, 2.45) is 10.2 Å². The molecule has 0 aliphatic carbocycles. The maximum absolute atomic E-state index is 13.6. The molecule has 3 unspecified atom stereocenters. The van der Waals surface area contributed by atoms with Gasteiger partial charge in [0.25, 0.3) is 5.91 Å². The van der Waals surface area contributed by atoms with Gasteiger partial charge < -0.3 is 29.1 Å². The Morgan fingerprint density at radius 3 is 2.74 bits per heavy atom. The van der Waals surface area contributed by atoms with E-state index < -0.39 is 36.2 Å². The molecule has 13 heteroatoms. The number of anilines is 2. The molecule has 1 aromatic rings. The number of unbranched alkanes of at least 4 members (excludes halogenated alkanes) is 1. The maximum Gasteiger partial charge on any atom is 0.348 e. The number of amides is 1. The van der Waals surface area contributed by atoms with Crippen molar-refractivity contribution >= 4 is 63.1 Å². The molecule has 1 amide bonds. The second-order valence-corrected chi connectivity index (χ2v) is 12.2. The molecule has 0 saturated carbocycles. The lowest BCUT2D eigenvalue weighted by Crippen LogP contribution is -2.44. The number of rotatable bonds is 8. The molecule has 0 fully saturated rings. The first kappa shape index (κ1) is 26.6. The zero-order valence-electron chi connectivity index (χ0n) is 19.2. The van der Waals surface area contributed by atoms with E-state index >= 15 is 0 Å². The van der Waals surface area contributed by atoms with Crippen LogP contribution < -0.4 is 15.3 Å². The number of fused-ring (bicyclic) bond motifs is 1. The van der Waals surface area contributed by atoms with Crippen molar-refractivity contribution in [2.75, 3.05) is 23.7 Å². The number of halogens is 1. The van der Waals surface area contributed by atoms with Gasteiger partial charge >= 0.3 is 7.52 Å². The first-order valence-electron chi connectivity index (χ1n) is 10.5. The summed E-state index contributed by atoms with van der Waals surface area (Å²) in [7, 11) is -2.66. The van der Waals surface area contributed by atoms with Gasteiger partial charge in [0.2, 0.25) is 0 Å². The lowest BCUT2D eigenvalue weighted by molar-refractivity contribution is -0.128. The molecule has 0 aromatic heterocycles. The number of aliphatic hydroxyl groups is 1. The number of allylic oxidation sites excluding steroid dienone is 1. The molecule has 2 aliphatic rings. The number of nitrogens with zero attached hydrogens (tertiary/aromatic N) is 2. The Morgan fingerprint density at radius 2 is 2.15 bits per heavy atom. The standard InChI is InChI=1S/C21H28BrN4O6PS/c1-21(2,3)18-17(27)16(20(28)26(18)11-7-5-6-10-22)19-23-14-9-8-13(25-34(30)31)12-15(14)33(29,24-19)32-4/h6,8-10,12,18,25,27H,5,7,11H2,1-4H3,(H,30,31)(H,23,24,29)/p-1/b10-6-. The zero-order chi connectivity index (χ0) is 25.3. The molecule has 3 atom stereocenters. The second kappa shape index (κ2) is 10.3. The molecule has 0 bridgehead atoms. The van der Waals surface area contributed by atoms with Gasteiger partial charge in [0.05, 0.1) is 17.0 Å². The molecule has 10 nitrogen and oxygen atoms in total. The van der Waals surface area contributed by atoms with Crippen LogP contribution in [0, 0.1) is 5.41 Å². The van der Waals surface area contributed by atoms with Crippen molar-refractivity contribution in [2.45, 2.75) is 39.7 Å². The van der Waals surface area contributed by atoms with E-state index in [0.29, 0.717) is 18.7 Å². The molecular weight excluding hydrogens is 547 g/mol. The Labute approximate surface area is 209 Å². The summed E-state index contributed by atoms with van der Waals surface area (Å²) < 4.78 is 47.2. The van der Waals surface area contributed by atoms with E-state index in [1.807, 2.05) is 26.8 Å². The Kier molecular flexibility index (Phi) is 8.09. The van der Waals surface area contributed by atoms with Crippen LogP contribution in [-0.4, -0.2) is 50.2 Å². The topological polar surface area (TPSA) is 143 Å². The van der Waals surface area contributed by atoms with E-state index in [-0.39, 0.29) is 28.2 Å². The zero-order valence-corrected chi connectivity index (χ0v) is 22.5. The lowest BCUT2D eigenvalue weighted by Gasteiger charge is -2.35. The summed E-state index contributed by atoms with van der Waals surface area (Å²) in [6.45, 7) is 6.19. The van der Waals surface area contributed by atoms with Crippen LogP contribution in [0.4, 0.5) is 11.4 Å². The number of aliphatic hydroxyl groups excluding tert-OH is 1. The minimum absolute atomic E-state index is 0.0506. The molecular formula is C21H27BrN4O6PS-. The van der Waals surface area contributed by atoms with Gasteiger partial charge in [0, 0.05) is 30.6 Å². The van der Waals surface area contributed by atoms with Crippen molar-refractivity contribution in [3.8, 4) is 0 Å². The van der Waals surface area contributed by atoms with E-state index in [4.69, 9.17) is 4.52 Å². The molecule has 186 valence electrons. The first-order chi connectivity index (χ1) is 15.9. The fourth-order valence-corrected chi connectivity index (χ4v) is 6.17. The molecule has 2 aliphatic heterocycles. The normalized spacial score (nSPS) is 23.7. The van der Waals surface area contributed by atoms with Crippen molar-refractivity contribution in [1.82, 2.24) is 4.90 Å². The summed E-state index contributed by atoms with van der Waals surface area (Å²) in [4.78, 5) is 16.8. The van der Waals surface area contributed by atoms with Crippen LogP contribution in [0.25, 0.3) is 0 Å². The minimum atomic E-state index is -3.87. The number of hydrogen-bond acceptors (Lipinski definition) is 7.